The molecule has 0 unspecified atom stereocenters. The van der Waals surface area contributed by atoms with E-state index in [9.17, 15) is 0 Å². The molecule has 130 valence electrons. The summed E-state index contributed by atoms with van der Waals surface area (Å²) in [5, 5.41) is 0. The first kappa shape index (κ1) is 17.0. The molecular weight excluding hydrogens is 316 g/mol. The minimum absolute atomic E-state index is 0.618. The number of nitrogens with zero attached hydrogens (tertiary/aromatic N) is 2. The maximum Gasteiger partial charge on any atom is 0.226 e. The molecule has 1 heterocycles. The Balaban J connectivity index is 1.63. The van der Waals surface area contributed by atoms with Gasteiger partial charge in [0.15, 0.2) is 0 Å². The van der Waals surface area contributed by atoms with Crippen molar-refractivity contribution in [2.24, 2.45) is 0 Å². The summed E-state index contributed by atoms with van der Waals surface area (Å²) in [5.74, 6) is 2.30. The van der Waals surface area contributed by atoms with Gasteiger partial charge in [-0.05, 0) is 49.0 Å². The Morgan fingerprint density at radius 3 is 2.44 bits per heavy atom. The van der Waals surface area contributed by atoms with Crippen LogP contribution in [-0.4, -0.2) is 31.2 Å². The van der Waals surface area contributed by atoms with Crippen LogP contribution in [0.2, 0.25) is 0 Å². The molecular formula is C20H22N2O3. The highest BCUT2D eigenvalue weighted by Gasteiger charge is 2.10. The lowest BCUT2D eigenvalue weighted by molar-refractivity contribution is 0.314. The fourth-order valence-electron chi connectivity index (χ4n) is 2.66. The van der Waals surface area contributed by atoms with Gasteiger partial charge in [0.2, 0.25) is 5.89 Å². The zero-order chi connectivity index (χ0) is 17.6. The van der Waals surface area contributed by atoms with Crippen molar-refractivity contribution in [1.29, 1.82) is 0 Å². The molecule has 0 radical (unpaired) electrons. The largest absolute Gasteiger partial charge is 0.497 e. The molecule has 0 aliphatic rings. The molecule has 0 saturated heterocycles. The van der Waals surface area contributed by atoms with Crippen molar-refractivity contribution in [2.45, 2.75) is 13.1 Å². The smallest absolute Gasteiger partial charge is 0.226 e. The van der Waals surface area contributed by atoms with E-state index in [4.69, 9.17) is 13.9 Å². The molecule has 5 nitrogen and oxygen atoms in total. The number of hydrogen-bond donors (Lipinski definition) is 0. The first-order valence-corrected chi connectivity index (χ1v) is 8.08. The molecule has 0 aliphatic carbocycles. The minimum atomic E-state index is 0.618. The van der Waals surface area contributed by atoms with Crippen LogP contribution in [-0.2, 0) is 13.1 Å². The molecule has 1 aromatic heterocycles. The van der Waals surface area contributed by atoms with Crippen LogP contribution in [0.3, 0.4) is 0 Å². The van der Waals surface area contributed by atoms with Gasteiger partial charge in [-0.25, -0.2) is 4.98 Å². The third-order valence-corrected chi connectivity index (χ3v) is 3.91. The van der Waals surface area contributed by atoms with E-state index in [1.54, 1.807) is 20.5 Å². The van der Waals surface area contributed by atoms with Crippen molar-refractivity contribution in [3.05, 3.63) is 66.1 Å². The molecule has 0 fully saturated rings. The molecule has 0 aliphatic heterocycles. The number of aromatic nitrogens is 1. The lowest BCUT2D eigenvalue weighted by Gasteiger charge is -2.15. The summed E-state index contributed by atoms with van der Waals surface area (Å²) >= 11 is 0. The molecule has 0 amide bonds. The molecule has 2 aromatic carbocycles. The second kappa shape index (κ2) is 7.85. The van der Waals surface area contributed by atoms with Crippen LogP contribution in [0.4, 0.5) is 0 Å². The Morgan fingerprint density at radius 1 is 0.960 bits per heavy atom. The Kier molecular flexibility index (Phi) is 5.36. The molecule has 3 aromatic rings. The molecule has 3 rings (SSSR count). The van der Waals surface area contributed by atoms with Gasteiger partial charge in [-0.2, -0.15) is 0 Å². The third kappa shape index (κ3) is 4.39. The predicted octanol–water partition coefficient (Wildman–Crippen LogP) is 3.99. The van der Waals surface area contributed by atoms with Gasteiger partial charge in [0.25, 0.3) is 0 Å². The summed E-state index contributed by atoms with van der Waals surface area (Å²) < 4.78 is 16.1. The maximum atomic E-state index is 5.61. The lowest BCUT2D eigenvalue weighted by Crippen LogP contribution is -2.17. The summed E-state index contributed by atoms with van der Waals surface area (Å²) in [7, 11) is 5.39. The van der Waals surface area contributed by atoms with Gasteiger partial charge >= 0.3 is 0 Å². The fourth-order valence-corrected chi connectivity index (χ4v) is 2.66. The average Bonchev–Trinajstić information content (AvgIpc) is 3.10. The van der Waals surface area contributed by atoms with Gasteiger partial charge < -0.3 is 13.9 Å². The van der Waals surface area contributed by atoms with Crippen LogP contribution in [0.15, 0.2) is 59.2 Å². The highest BCUT2D eigenvalue weighted by molar-refractivity contribution is 5.54. The second-order valence-corrected chi connectivity index (χ2v) is 5.90. The van der Waals surface area contributed by atoms with Crippen molar-refractivity contribution >= 4 is 0 Å². The Hall–Kier alpha value is -2.79. The summed E-state index contributed by atoms with van der Waals surface area (Å²) in [4.78, 5) is 6.76. The molecule has 0 spiro atoms. The van der Waals surface area contributed by atoms with E-state index in [0.717, 1.165) is 29.3 Å². The van der Waals surface area contributed by atoms with E-state index in [2.05, 4.69) is 23.0 Å². The van der Waals surface area contributed by atoms with Crippen molar-refractivity contribution < 1.29 is 13.9 Å². The van der Waals surface area contributed by atoms with Gasteiger partial charge in [0.1, 0.15) is 17.8 Å². The minimum Gasteiger partial charge on any atom is -0.497 e. The molecule has 0 N–H and O–H groups in total. The lowest BCUT2D eigenvalue weighted by atomic mass is 10.2. The van der Waals surface area contributed by atoms with Crippen LogP contribution in [0.25, 0.3) is 11.5 Å². The van der Waals surface area contributed by atoms with Crippen molar-refractivity contribution in [2.75, 3.05) is 21.3 Å². The van der Waals surface area contributed by atoms with E-state index < -0.39 is 0 Å². The Labute approximate surface area is 147 Å². The van der Waals surface area contributed by atoms with E-state index in [1.807, 2.05) is 42.5 Å². The first-order valence-electron chi connectivity index (χ1n) is 8.08. The van der Waals surface area contributed by atoms with E-state index in [-0.39, 0.29) is 0 Å². The normalized spacial score (nSPS) is 10.9. The molecule has 25 heavy (non-hydrogen) atoms. The Bertz CT molecular complexity index is 812. The first-order chi connectivity index (χ1) is 12.2. The molecule has 5 heteroatoms. The molecule has 0 atom stereocenters. The molecule has 0 bridgehead atoms. The van der Waals surface area contributed by atoms with Crippen LogP contribution in [0.1, 0.15) is 11.3 Å². The SMILES string of the molecule is COc1ccc(-c2nc(CN(C)Cc3cccc(OC)c3)co2)cc1. The number of ether oxygens (including phenoxy) is 2. The monoisotopic (exact) mass is 338 g/mol. The Morgan fingerprint density at radius 2 is 1.72 bits per heavy atom. The zero-order valence-electron chi connectivity index (χ0n) is 14.7. The number of methoxy groups -OCH3 is 2. The van der Waals surface area contributed by atoms with Crippen LogP contribution in [0, 0.1) is 0 Å². The second-order valence-electron chi connectivity index (χ2n) is 5.90. The summed E-state index contributed by atoms with van der Waals surface area (Å²) in [6.45, 7) is 1.51. The summed E-state index contributed by atoms with van der Waals surface area (Å²) in [5.41, 5.74) is 3.03. The summed E-state index contributed by atoms with van der Waals surface area (Å²) in [6, 6.07) is 15.7. The maximum absolute atomic E-state index is 5.61. The van der Waals surface area contributed by atoms with E-state index in [0.29, 0.717) is 12.4 Å². The van der Waals surface area contributed by atoms with Crippen molar-refractivity contribution in [3.63, 3.8) is 0 Å². The number of oxazole rings is 1. The third-order valence-electron chi connectivity index (χ3n) is 3.91. The summed E-state index contributed by atoms with van der Waals surface area (Å²) in [6.07, 6.45) is 1.71. The van der Waals surface area contributed by atoms with Gasteiger partial charge in [0, 0.05) is 18.7 Å². The van der Waals surface area contributed by atoms with E-state index in [1.165, 1.54) is 5.56 Å². The van der Waals surface area contributed by atoms with Gasteiger partial charge in [0.05, 0.1) is 19.9 Å². The van der Waals surface area contributed by atoms with Crippen LogP contribution < -0.4 is 9.47 Å². The van der Waals surface area contributed by atoms with Crippen molar-refractivity contribution in [1.82, 2.24) is 9.88 Å². The quantitative estimate of drug-likeness (QED) is 0.652. The highest BCUT2D eigenvalue weighted by atomic mass is 16.5. The fraction of sp³-hybridized carbons (Fsp3) is 0.250. The van der Waals surface area contributed by atoms with E-state index >= 15 is 0 Å². The van der Waals surface area contributed by atoms with Gasteiger partial charge in [-0.15, -0.1) is 0 Å². The number of rotatable bonds is 7. The topological polar surface area (TPSA) is 47.7 Å². The van der Waals surface area contributed by atoms with Gasteiger partial charge in [-0.1, -0.05) is 12.1 Å². The van der Waals surface area contributed by atoms with Crippen molar-refractivity contribution in [3.8, 4) is 23.0 Å². The standard InChI is InChI=1S/C20H22N2O3/c1-22(12-15-5-4-6-19(11-15)24-3)13-17-14-25-20(21-17)16-7-9-18(23-2)10-8-16/h4-11,14H,12-13H2,1-3H3. The van der Waals surface area contributed by atoms with Gasteiger partial charge in [-0.3, -0.25) is 4.90 Å². The number of benzene rings is 2. The molecule has 0 saturated carbocycles. The number of hydrogen-bond acceptors (Lipinski definition) is 5. The average molecular weight is 338 g/mol. The highest BCUT2D eigenvalue weighted by Crippen LogP contribution is 2.22. The zero-order valence-corrected chi connectivity index (χ0v) is 14.7. The van der Waals surface area contributed by atoms with Crippen LogP contribution in [0.5, 0.6) is 11.5 Å². The predicted molar refractivity (Wildman–Crippen MR) is 96.7 cm³/mol. The van der Waals surface area contributed by atoms with Crippen LogP contribution >= 0.6 is 0 Å².